The maximum atomic E-state index is 12.1. The lowest BCUT2D eigenvalue weighted by molar-refractivity contribution is -0.112. The molecule has 1 amide bonds. The number of phenolic OH excluding ortho intramolecular Hbond substituents is 1. The molecule has 0 bridgehead atoms. The third-order valence-electron chi connectivity index (χ3n) is 3.28. The first kappa shape index (κ1) is 16.1. The van der Waals surface area contributed by atoms with Crippen molar-refractivity contribution < 1.29 is 9.90 Å². The minimum atomic E-state index is -0.591. The smallest absolute Gasteiger partial charge is 0.267 e. The first-order chi connectivity index (χ1) is 11.0. The van der Waals surface area contributed by atoms with Gasteiger partial charge in [0, 0.05) is 11.9 Å². The molecule has 0 saturated heterocycles. The molecule has 0 radical (unpaired) electrons. The Labute approximate surface area is 134 Å². The molecule has 3 N–H and O–H groups in total. The Morgan fingerprint density at radius 3 is 2.61 bits per heavy atom. The van der Waals surface area contributed by atoms with Gasteiger partial charge in [0.25, 0.3) is 5.91 Å². The Morgan fingerprint density at radius 1 is 1.17 bits per heavy atom. The van der Waals surface area contributed by atoms with E-state index < -0.39 is 5.91 Å². The Hall–Kier alpha value is -3.26. The van der Waals surface area contributed by atoms with E-state index in [0.717, 1.165) is 16.8 Å². The lowest BCUT2D eigenvalue weighted by atomic mass is 10.1. The lowest BCUT2D eigenvalue weighted by Crippen LogP contribution is -2.14. The summed E-state index contributed by atoms with van der Waals surface area (Å²) in [5.74, 6) is -0.646. The third kappa shape index (κ3) is 4.11. The minimum absolute atomic E-state index is 0.0550. The number of nitrogens with zero attached hydrogens (tertiary/aromatic N) is 1. The van der Waals surface area contributed by atoms with Gasteiger partial charge in [-0.3, -0.25) is 4.79 Å². The Bertz CT molecular complexity index is 804. The van der Waals surface area contributed by atoms with Crippen LogP contribution in [0.3, 0.4) is 0 Å². The molecule has 116 valence electrons. The summed E-state index contributed by atoms with van der Waals surface area (Å²) in [5, 5.41) is 24.3. The molecule has 0 atom stereocenters. The van der Waals surface area contributed by atoms with Crippen molar-refractivity contribution in [3.8, 4) is 11.8 Å². The maximum Gasteiger partial charge on any atom is 0.267 e. The second-order valence-corrected chi connectivity index (χ2v) is 5.10. The minimum Gasteiger partial charge on any atom is -0.506 e. The van der Waals surface area contributed by atoms with Crippen molar-refractivity contribution in [1.82, 2.24) is 0 Å². The Morgan fingerprint density at radius 2 is 1.91 bits per heavy atom. The number of nitrogens with one attached hydrogen (secondary N) is 2. The van der Waals surface area contributed by atoms with E-state index in [1.54, 1.807) is 18.2 Å². The molecule has 0 aliphatic carbocycles. The number of hydrogen-bond acceptors (Lipinski definition) is 4. The molecule has 0 heterocycles. The van der Waals surface area contributed by atoms with Crippen LogP contribution >= 0.6 is 0 Å². The number of rotatable bonds is 4. The average Bonchev–Trinajstić information content (AvgIpc) is 2.53. The first-order valence-corrected chi connectivity index (χ1v) is 7.04. The van der Waals surface area contributed by atoms with Crippen molar-refractivity contribution in [2.75, 3.05) is 10.6 Å². The predicted molar refractivity (Wildman–Crippen MR) is 90.0 cm³/mol. The molecule has 2 rings (SSSR count). The summed E-state index contributed by atoms with van der Waals surface area (Å²) >= 11 is 0. The molecule has 0 aliphatic heterocycles. The molecule has 2 aromatic rings. The van der Waals surface area contributed by atoms with Crippen LogP contribution in [-0.4, -0.2) is 11.0 Å². The van der Waals surface area contributed by atoms with E-state index in [9.17, 15) is 9.90 Å². The standard InChI is InChI=1S/C18H17N3O2/c1-12-7-8-13(2)16(9-12)20-11-14(10-19)18(23)21-15-5-3-4-6-17(15)22/h3-9,11,20,22H,1-2H3,(H,21,23)/b14-11-. The fourth-order valence-corrected chi connectivity index (χ4v) is 1.96. The van der Waals surface area contributed by atoms with Gasteiger partial charge in [-0.25, -0.2) is 0 Å². The van der Waals surface area contributed by atoms with E-state index in [-0.39, 0.29) is 17.0 Å². The van der Waals surface area contributed by atoms with E-state index in [1.807, 2.05) is 38.1 Å². The van der Waals surface area contributed by atoms with Gasteiger partial charge in [-0.05, 0) is 43.2 Å². The Balaban J connectivity index is 2.16. The molecule has 0 aliphatic rings. The third-order valence-corrected chi connectivity index (χ3v) is 3.28. The highest BCUT2D eigenvalue weighted by molar-refractivity contribution is 6.07. The van der Waals surface area contributed by atoms with Crippen LogP contribution < -0.4 is 10.6 Å². The van der Waals surface area contributed by atoms with E-state index >= 15 is 0 Å². The fourth-order valence-electron chi connectivity index (χ4n) is 1.96. The predicted octanol–water partition coefficient (Wildman–Crippen LogP) is 3.47. The van der Waals surface area contributed by atoms with Crippen molar-refractivity contribution in [2.24, 2.45) is 0 Å². The number of benzene rings is 2. The molecule has 23 heavy (non-hydrogen) atoms. The number of hydrogen-bond donors (Lipinski definition) is 3. The molecule has 0 spiro atoms. The van der Waals surface area contributed by atoms with E-state index in [4.69, 9.17) is 5.26 Å². The largest absolute Gasteiger partial charge is 0.506 e. The number of aryl methyl sites for hydroxylation is 2. The van der Waals surface area contributed by atoms with Crippen LogP contribution in [0.15, 0.2) is 54.2 Å². The molecular weight excluding hydrogens is 290 g/mol. The number of nitriles is 1. The molecule has 0 aromatic heterocycles. The van der Waals surface area contributed by atoms with Gasteiger partial charge in [0.15, 0.2) is 0 Å². The second-order valence-electron chi connectivity index (χ2n) is 5.10. The summed E-state index contributed by atoms with van der Waals surface area (Å²) in [5.41, 5.74) is 3.07. The number of anilines is 2. The fraction of sp³-hybridized carbons (Fsp3) is 0.111. The molecule has 5 nitrogen and oxygen atoms in total. The molecule has 0 fully saturated rings. The van der Waals surface area contributed by atoms with Gasteiger partial charge in [-0.1, -0.05) is 24.3 Å². The van der Waals surface area contributed by atoms with Crippen LogP contribution in [-0.2, 0) is 4.79 Å². The van der Waals surface area contributed by atoms with Gasteiger partial charge in [0.2, 0.25) is 0 Å². The van der Waals surface area contributed by atoms with Crippen LogP contribution in [0.25, 0.3) is 0 Å². The Kier molecular flexibility index (Phi) is 5.00. The second kappa shape index (κ2) is 7.14. The van der Waals surface area contributed by atoms with Gasteiger partial charge >= 0.3 is 0 Å². The zero-order chi connectivity index (χ0) is 16.8. The van der Waals surface area contributed by atoms with Crippen LogP contribution in [0, 0.1) is 25.2 Å². The molecule has 2 aromatic carbocycles. The summed E-state index contributed by atoms with van der Waals surface area (Å²) in [6, 6.07) is 14.1. The van der Waals surface area contributed by atoms with Gasteiger partial charge in [0.1, 0.15) is 17.4 Å². The van der Waals surface area contributed by atoms with Gasteiger partial charge in [0.05, 0.1) is 5.69 Å². The summed E-state index contributed by atoms with van der Waals surface area (Å²) in [6.07, 6.45) is 1.36. The van der Waals surface area contributed by atoms with Crippen LogP contribution in [0.4, 0.5) is 11.4 Å². The van der Waals surface area contributed by atoms with Crippen molar-refractivity contribution in [1.29, 1.82) is 5.26 Å². The quantitative estimate of drug-likeness (QED) is 0.459. The van der Waals surface area contributed by atoms with Gasteiger partial charge in [-0.15, -0.1) is 0 Å². The van der Waals surface area contributed by atoms with Crippen LogP contribution in [0.5, 0.6) is 5.75 Å². The number of para-hydroxylation sites is 2. The van der Waals surface area contributed by atoms with Crippen molar-refractivity contribution >= 4 is 17.3 Å². The van der Waals surface area contributed by atoms with Crippen LogP contribution in [0.2, 0.25) is 0 Å². The monoisotopic (exact) mass is 307 g/mol. The van der Waals surface area contributed by atoms with Crippen molar-refractivity contribution in [3.63, 3.8) is 0 Å². The SMILES string of the molecule is Cc1ccc(C)c(N/C=C(/C#N)C(=O)Nc2ccccc2O)c1. The molecular formula is C18H17N3O2. The van der Waals surface area contributed by atoms with E-state index in [1.165, 1.54) is 12.3 Å². The van der Waals surface area contributed by atoms with Crippen molar-refractivity contribution in [3.05, 3.63) is 65.4 Å². The van der Waals surface area contributed by atoms with E-state index in [0.29, 0.717) is 0 Å². The van der Waals surface area contributed by atoms with Gasteiger partial charge < -0.3 is 15.7 Å². The highest BCUT2D eigenvalue weighted by Gasteiger charge is 2.11. The summed E-state index contributed by atoms with van der Waals surface area (Å²) in [7, 11) is 0. The summed E-state index contributed by atoms with van der Waals surface area (Å²) < 4.78 is 0. The highest BCUT2D eigenvalue weighted by atomic mass is 16.3. The number of amides is 1. The number of aromatic hydroxyl groups is 1. The number of phenols is 1. The highest BCUT2D eigenvalue weighted by Crippen LogP contribution is 2.22. The molecule has 0 saturated carbocycles. The van der Waals surface area contributed by atoms with Gasteiger partial charge in [-0.2, -0.15) is 5.26 Å². The van der Waals surface area contributed by atoms with Crippen molar-refractivity contribution in [2.45, 2.75) is 13.8 Å². The number of carbonyl (C=O) groups excluding carboxylic acids is 1. The average molecular weight is 307 g/mol. The number of carbonyl (C=O) groups is 1. The zero-order valence-electron chi connectivity index (χ0n) is 12.9. The maximum absolute atomic E-state index is 12.1. The topological polar surface area (TPSA) is 85.2 Å². The van der Waals surface area contributed by atoms with E-state index in [2.05, 4.69) is 10.6 Å². The van der Waals surface area contributed by atoms with Crippen LogP contribution in [0.1, 0.15) is 11.1 Å². The lowest BCUT2D eigenvalue weighted by Gasteiger charge is -2.08. The first-order valence-electron chi connectivity index (χ1n) is 7.04. The molecule has 5 heteroatoms. The summed E-state index contributed by atoms with van der Waals surface area (Å²) in [6.45, 7) is 3.90. The summed E-state index contributed by atoms with van der Waals surface area (Å²) in [4.78, 5) is 12.1. The zero-order valence-corrected chi connectivity index (χ0v) is 12.9. The molecule has 0 unspecified atom stereocenters. The normalized spacial score (nSPS) is 10.7.